The number of hydrogen-bond acceptors (Lipinski definition) is 8. The maximum Gasteiger partial charge on any atom is 0.209 e. The van der Waals surface area contributed by atoms with Gasteiger partial charge < -0.3 is 25.5 Å². The average molecular weight is 547 g/mol. The zero-order valence-corrected chi connectivity index (χ0v) is 23.3. The second kappa shape index (κ2) is 8.62. The molecule has 3 aliphatic rings. The van der Waals surface area contributed by atoms with Crippen molar-refractivity contribution >= 4 is 17.3 Å². The van der Waals surface area contributed by atoms with Crippen LogP contribution in [0, 0.1) is 22.7 Å². The van der Waals surface area contributed by atoms with Gasteiger partial charge in [-0.1, -0.05) is 71.0 Å². The zero-order valence-electron chi connectivity index (χ0n) is 23.3. The second-order valence-corrected chi connectivity index (χ2v) is 12.1. The maximum absolute atomic E-state index is 14.2. The van der Waals surface area contributed by atoms with E-state index in [2.05, 4.69) is 0 Å². The van der Waals surface area contributed by atoms with Crippen LogP contribution in [0.1, 0.15) is 63.4 Å². The van der Waals surface area contributed by atoms with Gasteiger partial charge in [0.15, 0.2) is 17.2 Å². The molecule has 0 aliphatic heterocycles. The smallest absolute Gasteiger partial charge is 0.209 e. The summed E-state index contributed by atoms with van der Waals surface area (Å²) in [6.45, 7) is 9.23. The first-order valence-corrected chi connectivity index (χ1v) is 13.4. The van der Waals surface area contributed by atoms with Gasteiger partial charge in [-0.15, -0.1) is 0 Å². The lowest BCUT2D eigenvalue weighted by Gasteiger charge is -2.63. The number of rotatable bonds is 3. The van der Waals surface area contributed by atoms with Crippen LogP contribution < -0.4 is 0 Å². The van der Waals surface area contributed by atoms with E-state index in [0.717, 1.165) is 12.5 Å². The molecule has 0 aromatic heterocycles. The molecule has 1 unspecified atom stereocenters. The lowest BCUT2D eigenvalue weighted by atomic mass is 9.41. The van der Waals surface area contributed by atoms with Crippen molar-refractivity contribution in [1.82, 2.24) is 0 Å². The summed E-state index contributed by atoms with van der Waals surface area (Å²) in [5.41, 5.74) is -5.72. The van der Waals surface area contributed by atoms with Crippen molar-refractivity contribution in [3.05, 3.63) is 76.3 Å². The molecule has 8 nitrogen and oxygen atoms in total. The fourth-order valence-electron chi connectivity index (χ4n) is 7.88. The largest absolute Gasteiger partial charge is 0.511 e. The van der Waals surface area contributed by atoms with Crippen LogP contribution in [0.15, 0.2) is 65.1 Å². The van der Waals surface area contributed by atoms with Gasteiger partial charge >= 0.3 is 0 Å². The highest BCUT2D eigenvalue weighted by molar-refractivity contribution is 6.25. The van der Waals surface area contributed by atoms with E-state index in [1.807, 2.05) is 30.3 Å². The Morgan fingerprint density at radius 1 is 0.975 bits per heavy atom. The van der Waals surface area contributed by atoms with E-state index in [4.69, 9.17) is 0 Å². The van der Waals surface area contributed by atoms with Gasteiger partial charge in [-0.05, 0) is 41.5 Å². The van der Waals surface area contributed by atoms with Crippen LogP contribution in [0.3, 0.4) is 0 Å². The van der Waals surface area contributed by atoms with Crippen LogP contribution in [-0.2, 0) is 9.59 Å². The number of hydrogen-bond donors (Lipinski definition) is 5. The Morgan fingerprint density at radius 2 is 1.57 bits per heavy atom. The molecular weight excluding hydrogens is 512 g/mol. The van der Waals surface area contributed by atoms with Crippen LogP contribution in [0.5, 0.6) is 5.75 Å². The highest BCUT2D eigenvalue weighted by Crippen LogP contribution is 2.68. The van der Waals surface area contributed by atoms with E-state index in [-0.39, 0.29) is 11.3 Å². The van der Waals surface area contributed by atoms with Gasteiger partial charge in [-0.2, -0.15) is 0 Å². The van der Waals surface area contributed by atoms with Gasteiger partial charge in [0.25, 0.3) is 0 Å². The molecular formula is C32H34O8. The van der Waals surface area contributed by atoms with Gasteiger partial charge in [-0.3, -0.25) is 14.4 Å². The van der Waals surface area contributed by atoms with Crippen LogP contribution >= 0.6 is 0 Å². The predicted octanol–water partition coefficient (Wildman–Crippen LogP) is 4.55. The molecule has 210 valence electrons. The molecule has 0 saturated carbocycles. The van der Waals surface area contributed by atoms with E-state index in [9.17, 15) is 39.9 Å². The van der Waals surface area contributed by atoms with Crippen LogP contribution in [0.25, 0.3) is 11.1 Å². The van der Waals surface area contributed by atoms with Gasteiger partial charge in [0, 0.05) is 16.7 Å². The minimum atomic E-state index is -2.90. The number of allylic oxidation sites excluding steroid dienone is 1. The normalized spacial score (nSPS) is 33.6. The van der Waals surface area contributed by atoms with Crippen molar-refractivity contribution in [2.75, 3.05) is 0 Å². The second-order valence-electron chi connectivity index (χ2n) is 12.1. The first-order chi connectivity index (χ1) is 18.6. The highest BCUT2D eigenvalue weighted by atomic mass is 16.4. The van der Waals surface area contributed by atoms with E-state index >= 15 is 0 Å². The molecule has 5 N–H and O–H groups in total. The lowest BCUT2D eigenvalue weighted by Crippen LogP contribution is -2.73. The Hall–Kier alpha value is -3.75. The molecule has 2 aromatic carbocycles. The fourth-order valence-corrected chi connectivity index (χ4v) is 7.88. The van der Waals surface area contributed by atoms with E-state index in [1.54, 1.807) is 33.8 Å². The summed E-state index contributed by atoms with van der Waals surface area (Å²) in [6, 6.07) is 12.3. The number of ketones is 3. The standard InChI is InChI=1S/C32H34O8/c1-14(2)23-25(35)21(16(4)33)27(37)32(40)28(38)24-26(36)22-19(34)13-12-18(17-10-8-7-9-11-17)20(22)15(3)30(24,5)29(39)31(23,32)6/h7-15,23,29,34-35,38-40H,1-6H3/t15-,23?,29-,30+,31+,32+/m1/s1. The third-order valence-electron chi connectivity index (χ3n) is 9.90. The Kier molecular flexibility index (Phi) is 5.99. The van der Waals surface area contributed by atoms with Crippen molar-refractivity contribution in [3.63, 3.8) is 0 Å². The van der Waals surface area contributed by atoms with Crippen molar-refractivity contribution in [1.29, 1.82) is 0 Å². The van der Waals surface area contributed by atoms with Crippen molar-refractivity contribution in [3.8, 4) is 16.9 Å². The van der Waals surface area contributed by atoms with Gasteiger partial charge in [0.1, 0.15) is 22.8 Å². The molecule has 6 atom stereocenters. The summed E-state index contributed by atoms with van der Waals surface area (Å²) in [4.78, 5) is 40.6. The SMILES string of the molecule is CC(=O)C1=C(O)C(C(C)C)[C@@]2(C)[C@H](O)[C@]3(C)C(=C(O)[C@@]2(O)C1=O)C(=O)c1c(O)ccc(-c2ccccc2)c1[C@H]3C. The number of aliphatic hydroxyl groups is 4. The molecule has 0 saturated heterocycles. The van der Waals surface area contributed by atoms with Crippen LogP contribution in [0.4, 0.5) is 0 Å². The number of fused-ring (bicyclic) bond motifs is 3. The third kappa shape index (κ3) is 3.01. The topological polar surface area (TPSA) is 152 Å². The van der Waals surface area contributed by atoms with Crippen molar-refractivity contribution in [2.45, 2.75) is 59.2 Å². The number of carbonyl (C=O) groups excluding carboxylic acids is 3. The van der Waals surface area contributed by atoms with Crippen LogP contribution in [0.2, 0.25) is 0 Å². The van der Waals surface area contributed by atoms with E-state index in [0.29, 0.717) is 11.1 Å². The molecule has 0 spiro atoms. The minimum absolute atomic E-state index is 0.0962. The molecule has 0 fully saturated rings. The summed E-state index contributed by atoms with van der Waals surface area (Å²) in [5, 5.41) is 58.5. The summed E-state index contributed by atoms with van der Waals surface area (Å²) in [5.74, 6) is -7.17. The quantitative estimate of drug-likeness (QED) is 0.352. The number of phenolic OH excluding ortho intramolecular Hbond substituents is 1. The maximum atomic E-state index is 14.2. The molecule has 8 heteroatoms. The number of aliphatic hydroxyl groups excluding tert-OH is 3. The number of phenols is 1. The molecule has 3 aliphatic carbocycles. The number of benzene rings is 2. The Morgan fingerprint density at radius 3 is 2.12 bits per heavy atom. The van der Waals surface area contributed by atoms with Crippen LogP contribution in [-0.4, -0.2) is 54.6 Å². The number of Topliss-reactive ketones (excluding diaryl/α,β-unsaturated/α-hetero) is 3. The van der Waals surface area contributed by atoms with Crippen molar-refractivity contribution < 1.29 is 39.9 Å². The first kappa shape index (κ1) is 27.8. The van der Waals surface area contributed by atoms with E-state index in [1.165, 1.54) is 13.0 Å². The fraction of sp³-hybridized carbons (Fsp3) is 0.406. The van der Waals surface area contributed by atoms with Gasteiger partial charge in [-0.25, -0.2) is 0 Å². The van der Waals surface area contributed by atoms with Crippen molar-refractivity contribution in [2.24, 2.45) is 22.7 Å². The summed E-state index contributed by atoms with van der Waals surface area (Å²) >= 11 is 0. The Balaban J connectivity index is 1.91. The minimum Gasteiger partial charge on any atom is -0.511 e. The number of aromatic hydroxyl groups is 1. The summed E-state index contributed by atoms with van der Waals surface area (Å²) < 4.78 is 0. The Bertz CT molecular complexity index is 1550. The lowest BCUT2D eigenvalue weighted by molar-refractivity contribution is -0.211. The van der Waals surface area contributed by atoms with E-state index < -0.39 is 80.3 Å². The predicted molar refractivity (Wildman–Crippen MR) is 147 cm³/mol. The molecule has 0 radical (unpaired) electrons. The molecule has 40 heavy (non-hydrogen) atoms. The van der Waals surface area contributed by atoms with Gasteiger partial charge in [0.2, 0.25) is 5.78 Å². The molecule has 0 heterocycles. The molecule has 5 rings (SSSR count). The van der Waals surface area contributed by atoms with Gasteiger partial charge in [0.05, 0.1) is 17.2 Å². The first-order valence-electron chi connectivity index (χ1n) is 13.4. The summed E-state index contributed by atoms with van der Waals surface area (Å²) in [7, 11) is 0. The number of carbonyl (C=O) groups is 3. The Labute approximate surface area is 232 Å². The highest BCUT2D eigenvalue weighted by Gasteiger charge is 2.76. The summed E-state index contributed by atoms with van der Waals surface area (Å²) in [6.07, 6.45) is -1.67. The third-order valence-corrected chi connectivity index (χ3v) is 9.90. The average Bonchev–Trinajstić information content (AvgIpc) is 2.89. The zero-order chi connectivity index (χ0) is 29.7. The molecule has 0 amide bonds. The monoisotopic (exact) mass is 546 g/mol. The molecule has 0 bridgehead atoms. The molecule has 2 aromatic rings.